The number of pyridine rings is 1. The van der Waals surface area contributed by atoms with Gasteiger partial charge in [0.05, 0.1) is 10.0 Å². The van der Waals surface area contributed by atoms with E-state index in [0.29, 0.717) is 25.5 Å². The highest BCUT2D eigenvalue weighted by molar-refractivity contribution is 9.10. The first kappa shape index (κ1) is 26.6. The van der Waals surface area contributed by atoms with Crippen LogP contribution < -0.4 is 15.0 Å². The minimum atomic E-state index is -4.86. The summed E-state index contributed by atoms with van der Waals surface area (Å²) < 4.78 is 47.2. The van der Waals surface area contributed by atoms with Gasteiger partial charge in [0, 0.05) is 43.6 Å². The summed E-state index contributed by atoms with van der Waals surface area (Å²) in [6.45, 7) is 8.89. The van der Waals surface area contributed by atoms with Crippen molar-refractivity contribution in [2.24, 2.45) is 0 Å². The maximum absolute atomic E-state index is 12.6. The van der Waals surface area contributed by atoms with E-state index >= 15 is 0 Å². The summed E-state index contributed by atoms with van der Waals surface area (Å²) in [4.78, 5) is 33.0. The van der Waals surface area contributed by atoms with Crippen molar-refractivity contribution in [3.05, 3.63) is 46.6 Å². The second-order valence-corrected chi connectivity index (χ2v) is 9.88. The van der Waals surface area contributed by atoms with E-state index < -0.39 is 23.6 Å². The topological polar surface area (TPSA) is 84.0 Å². The Morgan fingerprint density at radius 1 is 1.14 bits per heavy atom. The number of benzene rings is 1. The Balaban J connectivity index is 1.63. The highest BCUT2D eigenvalue weighted by atomic mass is 79.9. The Morgan fingerprint density at radius 3 is 2.43 bits per heavy atom. The molecule has 12 heteroatoms. The Morgan fingerprint density at radius 2 is 1.86 bits per heavy atom. The van der Waals surface area contributed by atoms with Crippen molar-refractivity contribution in [2.75, 3.05) is 29.9 Å². The highest BCUT2D eigenvalue weighted by Crippen LogP contribution is 2.33. The normalized spacial score (nSPS) is 16.6. The summed E-state index contributed by atoms with van der Waals surface area (Å²) in [5.41, 5.74) is -0.207. The van der Waals surface area contributed by atoms with Gasteiger partial charge in [-0.2, -0.15) is 0 Å². The Bertz CT molecular complexity index is 1070. The van der Waals surface area contributed by atoms with E-state index in [1.807, 2.05) is 32.6 Å². The molecule has 3 rings (SSSR count). The molecule has 2 amide bonds. The molecule has 0 aliphatic carbocycles. The molecule has 1 atom stereocenters. The number of aromatic nitrogens is 1. The third-order valence-electron chi connectivity index (χ3n) is 5.00. The van der Waals surface area contributed by atoms with Gasteiger partial charge in [0.25, 0.3) is 5.91 Å². The molecule has 190 valence electrons. The second-order valence-electron chi connectivity index (χ2n) is 9.02. The molecule has 2 aromatic rings. The van der Waals surface area contributed by atoms with Gasteiger partial charge in [-0.15, -0.1) is 13.2 Å². The molecule has 1 N–H and O–H groups in total. The number of amides is 2. The van der Waals surface area contributed by atoms with Gasteiger partial charge in [0.15, 0.2) is 0 Å². The molecule has 8 nitrogen and oxygen atoms in total. The quantitative estimate of drug-likeness (QED) is 0.538. The molecule has 1 aliphatic rings. The van der Waals surface area contributed by atoms with Gasteiger partial charge in [-0.3, -0.25) is 4.79 Å². The lowest BCUT2D eigenvalue weighted by molar-refractivity contribution is -0.274. The van der Waals surface area contributed by atoms with Crippen LogP contribution in [0.3, 0.4) is 0 Å². The molecule has 1 aliphatic heterocycles. The number of halogens is 4. The van der Waals surface area contributed by atoms with Gasteiger partial charge in [-0.25, -0.2) is 9.78 Å². The van der Waals surface area contributed by atoms with E-state index in [4.69, 9.17) is 4.74 Å². The fourth-order valence-electron chi connectivity index (χ4n) is 3.47. The highest BCUT2D eigenvalue weighted by Gasteiger charge is 2.32. The lowest BCUT2D eigenvalue weighted by Gasteiger charge is -2.40. The van der Waals surface area contributed by atoms with Gasteiger partial charge in [-0.1, -0.05) is 0 Å². The van der Waals surface area contributed by atoms with Crippen LogP contribution in [0.1, 0.15) is 38.1 Å². The maximum Gasteiger partial charge on any atom is 0.573 e. The second kappa shape index (κ2) is 10.3. The smallest absolute Gasteiger partial charge is 0.444 e. The minimum Gasteiger partial charge on any atom is -0.444 e. The first-order valence-electron chi connectivity index (χ1n) is 10.8. The van der Waals surface area contributed by atoms with Crippen LogP contribution in [0.5, 0.6) is 5.75 Å². The third kappa shape index (κ3) is 7.48. The monoisotopic (exact) mass is 558 g/mol. The van der Waals surface area contributed by atoms with Crippen LogP contribution in [-0.2, 0) is 4.74 Å². The molecule has 0 saturated carbocycles. The molecule has 1 aromatic heterocycles. The summed E-state index contributed by atoms with van der Waals surface area (Å²) in [6.07, 6.45) is -3.83. The molecular weight excluding hydrogens is 533 g/mol. The first-order valence-corrected chi connectivity index (χ1v) is 11.6. The van der Waals surface area contributed by atoms with E-state index in [0.717, 1.165) is 6.07 Å². The zero-order valence-electron chi connectivity index (χ0n) is 19.6. The summed E-state index contributed by atoms with van der Waals surface area (Å²) >= 11 is 2.99. The largest absolute Gasteiger partial charge is 0.573 e. The van der Waals surface area contributed by atoms with Crippen LogP contribution in [0.15, 0.2) is 41.0 Å². The van der Waals surface area contributed by atoms with Crippen LogP contribution in [0.25, 0.3) is 0 Å². The predicted molar refractivity (Wildman–Crippen MR) is 128 cm³/mol. The Labute approximate surface area is 209 Å². The summed E-state index contributed by atoms with van der Waals surface area (Å²) in [7, 11) is 0. The lowest BCUT2D eigenvalue weighted by Crippen LogP contribution is -2.54. The predicted octanol–water partition coefficient (Wildman–Crippen LogP) is 5.44. The van der Waals surface area contributed by atoms with Crippen LogP contribution in [0, 0.1) is 0 Å². The van der Waals surface area contributed by atoms with Crippen molar-refractivity contribution in [3.63, 3.8) is 0 Å². The lowest BCUT2D eigenvalue weighted by atomic mass is 10.1. The number of carbonyl (C=O) groups is 2. The summed E-state index contributed by atoms with van der Waals surface area (Å²) in [5, 5.41) is 2.54. The SMILES string of the molecule is CC1CN(C(=O)OC(C)(C)C)CCN1c1ccc(C(=O)Nc2ccc(Br)c(OC(F)(F)F)c2)cn1. The fourth-order valence-corrected chi connectivity index (χ4v) is 3.80. The van der Waals surface area contributed by atoms with Crippen molar-refractivity contribution < 1.29 is 32.2 Å². The van der Waals surface area contributed by atoms with Gasteiger partial charge in [-0.05, 0) is 67.9 Å². The number of ether oxygens (including phenoxy) is 2. The summed E-state index contributed by atoms with van der Waals surface area (Å²) in [5.74, 6) is -0.363. The van der Waals surface area contributed by atoms with Crippen LogP contribution in [-0.4, -0.2) is 59.5 Å². The van der Waals surface area contributed by atoms with Gasteiger partial charge in [0.1, 0.15) is 17.2 Å². The van der Waals surface area contributed by atoms with E-state index in [-0.39, 0.29) is 27.9 Å². The zero-order valence-corrected chi connectivity index (χ0v) is 21.2. The molecule has 0 spiro atoms. The van der Waals surface area contributed by atoms with Crippen molar-refractivity contribution in [3.8, 4) is 5.75 Å². The standard InChI is InChI=1S/C23H26BrF3N4O4/c1-14-13-30(21(33)35-22(2,3)4)9-10-31(14)19-8-5-15(12-28-19)20(32)29-16-6-7-17(24)18(11-16)34-23(25,26)27/h5-8,11-12,14H,9-10,13H2,1-4H3,(H,29,32). The molecule has 1 unspecified atom stereocenters. The van der Waals surface area contributed by atoms with Gasteiger partial charge < -0.3 is 24.6 Å². The van der Waals surface area contributed by atoms with Crippen LogP contribution in [0.2, 0.25) is 0 Å². The zero-order chi connectivity index (χ0) is 26.0. The third-order valence-corrected chi connectivity index (χ3v) is 5.65. The molecule has 2 heterocycles. The average Bonchev–Trinajstić information content (AvgIpc) is 2.74. The molecular formula is C23H26BrF3N4O4. The number of hydrogen-bond donors (Lipinski definition) is 1. The number of nitrogens with one attached hydrogen (secondary N) is 1. The number of alkyl halides is 3. The maximum atomic E-state index is 12.6. The van der Waals surface area contributed by atoms with E-state index in [1.54, 1.807) is 17.0 Å². The molecule has 35 heavy (non-hydrogen) atoms. The van der Waals surface area contributed by atoms with Crippen molar-refractivity contribution in [1.82, 2.24) is 9.88 Å². The molecule has 0 bridgehead atoms. The number of anilines is 2. The molecule has 1 saturated heterocycles. The van der Waals surface area contributed by atoms with E-state index in [1.165, 1.54) is 18.3 Å². The van der Waals surface area contributed by atoms with E-state index in [2.05, 4.69) is 31.0 Å². The molecule has 1 aromatic carbocycles. The summed E-state index contributed by atoms with van der Waals surface area (Å²) in [6, 6.07) is 7.10. The Kier molecular flexibility index (Phi) is 7.83. The van der Waals surface area contributed by atoms with Gasteiger partial charge in [0.2, 0.25) is 0 Å². The van der Waals surface area contributed by atoms with Gasteiger partial charge >= 0.3 is 12.5 Å². The van der Waals surface area contributed by atoms with Crippen LogP contribution in [0.4, 0.5) is 29.5 Å². The van der Waals surface area contributed by atoms with Crippen molar-refractivity contribution in [1.29, 1.82) is 0 Å². The Hall–Kier alpha value is -3.02. The first-order chi connectivity index (χ1) is 16.2. The van der Waals surface area contributed by atoms with Crippen molar-refractivity contribution >= 4 is 39.4 Å². The van der Waals surface area contributed by atoms with Crippen molar-refractivity contribution in [2.45, 2.75) is 45.7 Å². The number of rotatable bonds is 4. The number of carbonyl (C=O) groups excluding carboxylic acids is 2. The molecule has 0 radical (unpaired) electrons. The number of hydrogen-bond acceptors (Lipinski definition) is 6. The van der Waals surface area contributed by atoms with E-state index in [9.17, 15) is 22.8 Å². The molecule has 1 fully saturated rings. The number of nitrogens with zero attached hydrogens (tertiary/aromatic N) is 3. The average molecular weight is 559 g/mol. The minimum absolute atomic E-state index is 0.0294. The van der Waals surface area contributed by atoms with Crippen LogP contribution >= 0.6 is 15.9 Å². The fraction of sp³-hybridized carbons (Fsp3) is 0.435. The number of piperazine rings is 1.